The molecule has 0 unspecified atom stereocenters. The highest BCUT2D eigenvalue weighted by Gasteiger charge is 1.92. The lowest BCUT2D eigenvalue weighted by Crippen LogP contribution is -1.78. The van der Waals surface area contributed by atoms with Crippen LogP contribution in [0.25, 0.3) is 0 Å². The van der Waals surface area contributed by atoms with Crippen molar-refractivity contribution in [2.24, 2.45) is 10.9 Å². The third-order valence-corrected chi connectivity index (χ3v) is 1.36. The molecule has 2 nitrogen and oxygen atoms in total. The number of nitrogens with one attached hydrogen (secondary N) is 1. The summed E-state index contributed by atoms with van der Waals surface area (Å²) in [4.78, 5) is 4.10. The molecule has 0 amide bonds. The highest BCUT2D eigenvalue weighted by Crippen LogP contribution is 2.15. The van der Waals surface area contributed by atoms with Gasteiger partial charge in [-0.25, -0.2) is 0 Å². The van der Waals surface area contributed by atoms with Gasteiger partial charge in [0.15, 0.2) is 0 Å². The molecule has 0 aliphatic heterocycles. The van der Waals surface area contributed by atoms with E-state index in [1.54, 1.807) is 6.21 Å². The first-order chi connectivity index (χ1) is 7.11. The van der Waals surface area contributed by atoms with Crippen LogP contribution in [0.15, 0.2) is 29.3 Å². The average molecular weight is 204 g/mol. The van der Waals surface area contributed by atoms with Gasteiger partial charge < -0.3 is 5.41 Å². The molecule has 0 saturated carbocycles. The van der Waals surface area contributed by atoms with E-state index in [0.717, 1.165) is 17.2 Å². The van der Waals surface area contributed by atoms with Gasteiger partial charge in [-0.3, -0.25) is 4.99 Å². The lowest BCUT2D eigenvalue weighted by Gasteiger charge is -1.96. The largest absolute Gasteiger partial charge is 0.308 e. The van der Waals surface area contributed by atoms with Crippen molar-refractivity contribution in [1.29, 1.82) is 5.41 Å². The van der Waals surface area contributed by atoms with Gasteiger partial charge in [0.05, 0.1) is 5.69 Å². The van der Waals surface area contributed by atoms with Crippen LogP contribution in [0.3, 0.4) is 0 Å². The minimum Gasteiger partial charge on any atom is -0.308 e. The van der Waals surface area contributed by atoms with Gasteiger partial charge in [-0.15, -0.1) is 0 Å². The van der Waals surface area contributed by atoms with Crippen LogP contribution in [0, 0.1) is 11.3 Å². The Labute approximate surface area is 92.6 Å². The fraction of sp³-hybridized carbons (Fsp3) is 0.385. The van der Waals surface area contributed by atoms with E-state index in [1.165, 1.54) is 6.21 Å². The summed E-state index contributed by atoms with van der Waals surface area (Å²) in [6.07, 6.45) is 3.03. The topological polar surface area (TPSA) is 36.2 Å². The summed E-state index contributed by atoms with van der Waals surface area (Å²) in [5.41, 5.74) is 1.70. The van der Waals surface area contributed by atoms with E-state index in [-0.39, 0.29) is 0 Å². The molecule has 0 spiro atoms. The van der Waals surface area contributed by atoms with E-state index in [4.69, 9.17) is 5.41 Å². The van der Waals surface area contributed by atoms with Crippen LogP contribution in [0.5, 0.6) is 0 Å². The Morgan fingerprint density at radius 1 is 1.20 bits per heavy atom. The SMILES string of the molecule is CC(C)C.CC=Nc1ccccc1C=N. The molecule has 0 atom stereocenters. The van der Waals surface area contributed by atoms with Crippen LogP contribution < -0.4 is 0 Å². The molecule has 0 aromatic heterocycles. The van der Waals surface area contributed by atoms with Gasteiger partial charge in [-0.05, 0) is 18.9 Å². The predicted molar refractivity (Wildman–Crippen MR) is 68.7 cm³/mol. The maximum absolute atomic E-state index is 7.06. The molecule has 15 heavy (non-hydrogen) atoms. The lowest BCUT2D eigenvalue weighted by molar-refractivity contribution is 0.737. The maximum Gasteiger partial charge on any atom is 0.0713 e. The minimum atomic E-state index is 0.833. The Morgan fingerprint density at radius 2 is 1.73 bits per heavy atom. The summed E-state index contributed by atoms with van der Waals surface area (Å²) in [6, 6.07) is 7.57. The van der Waals surface area contributed by atoms with E-state index in [0.29, 0.717) is 0 Å². The van der Waals surface area contributed by atoms with Gasteiger partial charge in [0.1, 0.15) is 0 Å². The average Bonchev–Trinajstić information content (AvgIpc) is 2.18. The highest BCUT2D eigenvalue weighted by atomic mass is 14.7. The molecule has 0 radical (unpaired) electrons. The van der Waals surface area contributed by atoms with E-state index >= 15 is 0 Å². The van der Waals surface area contributed by atoms with Crippen molar-refractivity contribution in [2.75, 3.05) is 0 Å². The van der Waals surface area contributed by atoms with E-state index in [9.17, 15) is 0 Å². The Bertz CT molecular complexity index is 311. The molecule has 1 rings (SSSR count). The van der Waals surface area contributed by atoms with E-state index in [1.807, 2.05) is 31.2 Å². The number of benzene rings is 1. The normalized spacial score (nSPS) is 9.93. The first-order valence-electron chi connectivity index (χ1n) is 5.20. The second-order valence-electron chi connectivity index (χ2n) is 3.82. The van der Waals surface area contributed by atoms with Crippen molar-refractivity contribution in [3.8, 4) is 0 Å². The molecule has 0 fully saturated rings. The number of rotatable bonds is 2. The first-order valence-corrected chi connectivity index (χ1v) is 5.20. The fourth-order valence-corrected chi connectivity index (χ4v) is 0.866. The molecular weight excluding hydrogens is 184 g/mol. The predicted octanol–water partition coefficient (Wildman–Crippen LogP) is 4.07. The maximum atomic E-state index is 7.06. The van der Waals surface area contributed by atoms with E-state index in [2.05, 4.69) is 25.8 Å². The summed E-state index contributed by atoms with van der Waals surface area (Å²) in [6.45, 7) is 8.36. The van der Waals surface area contributed by atoms with Crippen molar-refractivity contribution in [3.63, 3.8) is 0 Å². The van der Waals surface area contributed by atoms with Gasteiger partial charge in [-0.1, -0.05) is 39.0 Å². The van der Waals surface area contributed by atoms with E-state index < -0.39 is 0 Å². The van der Waals surface area contributed by atoms with Crippen LogP contribution in [0.1, 0.15) is 33.3 Å². The van der Waals surface area contributed by atoms with Crippen molar-refractivity contribution in [2.45, 2.75) is 27.7 Å². The van der Waals surface area contributed by atoms with Crippen LogP contribution in [-0.4, -0.2) is 12.4 Å². The Balaban J connectivity index is 0.000000423. The minimum absolute atomic E-state index is 0.833. The summed E-state index contributed by atoms with van der Waals surface area (Å²) in [5, 5.41) is 7.06. The van der Waals surface area contributed by atoms with Crippen molar-refractivity contribution >= 4 is 18.1 Å². The molecular formula is C13H20N2. The molecule has 1 aromatic rings. The van der Waals surface area contributed by atoms with Crippen LogP contribution >= 0.6 is 0 Å². The van der Waals surface area contributed by atoms with Crippen LogP contribution in [-0.2, 0) is 0 Å². The molecule has 0 aliphatic rings. The number of para-hydroxylation sites is 1. The van der Waals surface area contributed by atoms with Gasteiger partial charge in [0.2, 0.25) is 0 Å². The number of nitrogens with zero attached hydrogens (tertiary/aromatic N) is 1. The van der Waals surface area contributed by atoms with Crippen molar-refractivity contribution in [3.05, 3.63) is 29.8 Å². The smallest absolute Gasteiger partial charge is 0.0713 e. The fourth-order valence-electron chi connectivity index (χ4n) is 0.866. The van der Waals surface area contributed by atoms with Gasteiger partial charge in [0, 0.05) is 18.0 Å². The second-order valence-corrected chi connectivity index (χ2v) is 3.82. The third kappa shape index (κ3) is 6.61. The summed E-state index contributed by atoms with van der Waals surface area (Å²) >= 11 is 0. The zero-order valence-corrected chi connectivity index (χ0v) is 9.99. The molecule has 1 N–H and O–H groups in total. The zero-order chi connectivity index (χ0) is 11.7. The lowest BCUT2D eigenvalue weighted by atomic mass is 10.2. The number of hydrogen-bond donors (Lipinski definition) is 1. The Kier molecular flexibility index (Phi) is 7.16. The molecule has 0 bridgehead atoms. The molecule has 82 valence electrons. The second kappa shape index (κ2) is 7.92. The van der Waals surface area contributed by atoms with Crippen LogP contribution in [0.4, 0.5) is 5.69 Å². The summed E-state index contributed by atoms with van der Waals surface area (Å²) in [7, 11) is 0. The number of hydrogen-bond acceptors (Lipinski definition) is 2. The van der Waals surface area contributed by atoms with Gasteiger partial charge in [0.25, 0.3) is 0 Å². The highest BCUT2D eigenvalue weighted by molar-refractivity contribution is 5.85. The van der Waals surface area contributed by atoms with Gasteiger partial charge in [-0.2, -0.15) is 0 Å². The third-order valence-electron chi connectivity index (χ3n) is 1.36. The van der Waals surface area contributed by atoms with Crippen molar-refractivity contribution < 1.29 is 0 Å². The molecule has 1 aromatic carbocycles. The van der Waals surface area contributed by atoms with Crippen molar-refractivity contribution in [1.82, 2.24) is 0 Å². The first kappa shape index (κ1) is 13.6. The zero-order valence-electron chi connectivity index (χ0n) is 9.99. The quantitative estimate of drug-likeness (QED) is 0.705. The van der Waals surface area contributed by atoms with Gasteiger partial charge >= 0.3 is 0 Å². The molecule has 0 heterocycles. The van der Waals surface area contributed by atoms with Crippen LogP contribution in [0.2, 0.25) is 0 Å². The Morgan fingerprint density at radius 3 is 2.20 bits per heavy atom. The summed E-state index contributed by atoms with van der Waals surface area (Å²) in [5.74, 6) is 0.833. The monoisotopic (exact) mass is 204 g/mol. The molecule has 0 saturated heterocycles. The molecule has 2 heteroatoms. The number of aliphatic imine (C=N–C) groups is 1. The molecule has 0 aliphatic carbocycles. The summed E-state index contributed by atoms with van der Waals surface area (Å²) < 4.78 is 0. The Hall–Kier alpha value is -1.44. The standard InChI is InChI=1S/C9H10N2.C4H10/c1-2-11-9-6-4-3-5-8(9)7-10;1-4(2)3/h2-7,10H,1H3;4H,1-3H3.